The maximum atomic E-state index is 13.9. The predicted octanol–water partition coefficient (Wildman–Crippen LogP) is 7.67. The number of hydrogen-bond donors (Lipinski definition) is 0. The van der Waals surface area contributed by atoms with Crippen LogP contribution in [0.5, 0.6) is 0 Å². The maximum Gasteiger partial charge on any atom is 0.261 e. The molecule has 1 aliphatic rings. The maximum absolute atomic E-state index is 13.9. The molecule has 2 rings (SSSR count). The van der Waals surface area contributed by atoms with Crippen LogP contribution in [0.25, 0.3) is 0 Å². The number of rotatable bonds is 12. The molecular formula is C34H38N2O3. The zero-order valence-electron chi connectivity index (χ0n) is 23.4. The Hall–Kier alpha value is -4.51. The molecule has 0 unspecified atom stereocenters. The van der Waals surface area contributed by atoms with Gasteiger partial charge in [-0.15, -0.1) is 6.58 Å². The Morgan fingerprint density at radius 2 is 1.69 bits per heavy atom. The summed E-state index contributed by atoms with van der Waals surface area (Å²) in [5.41, 5.74) is 3.62. The third-order valence-electron chi connectivity index (χ3n) is 6.10. The molecule has 202 valence electrons. The molecule has 0 fully saturated rings. The van der Waals surface area contributed by atoms with Gasteiger partial charge in [0.2, 0.25) is 0 Å². The monoisotopic (exact) mass is 522 g/mol. The van der Waals surface area contributed by atoms with Gasteiger partial charge in [-0.3, -0.25) is 24.2 Å². The van der Waals surface area contributed by atoms with Crippen molar-refractivity contribution >= 4 is 23.8 Å². The van der Waals surface area contributed by atoms with Gasteiger partial charge >= 0.3 is 0 Å². The average Bonchev–Trinajstić information content (AvgIpc) is 3.17. The molecule has 0 aromatic heterocycles. The minimum atomic E-state index is -0.323. The summed E-state index contributed by atoms with van der Waals surface area (Å²) in [6, 6.07) is 9.21. The topological polar surface area (TPSA) is 57.7 Å². The van der Waals surface area contributed by atoms with E-state index in [-0.39, 0.29) is 23.8 Å². The molecule has 0 heterocycles. The van der Waals surface area contributed by atoms with E-state index in [1.807, 2.05) is 94.5 Å². The smallest absolute Gasteiger partial charge is 0.261 e. The van der Waals surface area contributed by atoms with Gasteiger partial charge in [0.15, 0.2) is 0 Å². The van der Waals surface area contributed by atoms with E-state index in [2.05, 4.69) is 13.2 Å². The molecule has 1 aliphatic carbocycles. The fourth-order valence-corrected chi connectivity index (χ4v) is 3.97. The Labute approximate surface area is 232 Å². The molecule has 0 aliphatic heterocycles. The number of unbranched alkanes of at least 4 members (excludes halogenated alkanes) is 1. The number of aldehydes is 1. The van der Waals surface area contributed by atoms with Crippen LogP contribution in [0.1, 0.15) is 47.0 Å². The van der Waals surface area contributed by atoms with Crippen molar-refractivity contribution in [2.75, 3.05) is 4.90 Å². The molecule has 39 heavy (non-hydrogen) atoms. The summed E-state index contributed by atoms with van der Waals surface area (Å²) >= 11 is 0. The fraction of sp³-hybridized carbons (Fsp3) is 0.206. The molecule has 0 radical (unpaired) electrons. The van der Waals surface area contributed by atoms with Crippen molar-refractivity contribution in [2.45, 2.75) is 47.0 Å². The van der Waals surface area contributed by atoms with Crippen LogP contribution in [0.4, 0.5) is 5.69 Å². The van der Waals surface area contributed by atoms with Crippen molar-refractivity contribution in [1.82, 2.24) is 4.90 Å². The first-order chi connectivity index (χ1) is 18.8. The normalized spacial score (nSPS) is 14.3. The molecule has 0 bridgehead atoms. The summed E-state index contributed by atoms with van der Waals surface area (Å²) in [7, 11) is 0. The van der Waals surface area contributed by atoms with Crippen LogP contribution >= 0.6 is 0 Å². The molecule has 0 N–H and O–H groups in total. The number of allylic oxidation sites excluding steroid dienone is 12. The van der Waals surface area contributed by atoms with Crippen LogP contribution < -0.4 is 4.90 Å². The lowest BCUT2D eigenvalue weighted by Crippen LogP contribution is -2.30. The number of carbonyl (C=O) groups excluding carboxylic acids is 3. The Morgan fingerprint density at radius 1 is 0.974 bits per heavy atom. The van der Waals surface area contributed by atoms with Crippen LogP contribution in [0.3, 0.4) is 0 Å². The van der Waals surface area contributed by atoms with E-state index in [1.165, 1.54) is 11.0 Å². The van der Waals surface area contributed by atoms with E-state index in [0.717, 1.165) is 24.2 Å². The Morgan fingerprint density at radius 3 is 2.31 bits per heavy atom. The largest absolute Gasteiger partial charge is 0.298 e. The van der Waals surface area contributed by atoms with Gasteiger partial charge in [-0.1, -0.05) is 67.3 Å². The van der Waals surface area contributed by atoms with E-state index < -0.39 is 0 Å². The third kappa shape index (κ3) is 8.50. The van der Waals surface area contributed by atoms with E-state index in [1.54, 1.807) is 23.1 Å². The van der Waals surface area contributed by atoms with Crippen molar-refractivity contribution in [2.24, 2.45) is 0 Å². The number of hydrogen-bond acceptors (Lipinski definition) is 3. The number of carbonyl (C=O) groups is 3. The van der Waals surface area contributed by atoms with Gasteiger partial charge in [0.1, 0.15) is 6.29 Å². The fourth-order valence-electron chi connectivity index (χ4n) is 3.97. The highest BCUT2D eigenvalue weighted by atomic mass is 16.2. The summed E-state index contributed by atoms with van der Waals surface area (Å²) < 4.78 is 0. The molecule has 5 nitrogen and oxygen atoms in total. The van der Waals surface area contributed by atoms with Gasteiger partial charge in [0, 0.05) is 39.5 Å². The van der Waals surface area contributed by atoms with E-state index in [9.17, 15) is 14.4 Å². The summed E-state index contributed by atoms with van der Waals surface area (Å²) in [5, 5.41) is 0. The van der Waals surface area contributed by atoms with Gasteiger partial charge in [0.25, 0.3) is 11.8 Å². The highest BCUT2D eigenvalue weighted by molar-refractivity contribution is 6.10. The van der Waals surface area contributed by atoms with Crippen LogP contribution in [0.2, 0.25) is 0 Å². The minimum absolute atomic E-state index is 0.172. The average molecular weight is 523 g/mol. The lowest BCUT2D eigenvalue weighted by atomic mass is 10.1. The van der Waals surface area contributed by atoms with E-state index in [4.69, 9.17) is 0 Å². The number of para-hydroxylation sites is 1. The SMILES string of the molecule is C=CCC/C=C(\C)N(C(=O)C1=CCC(C(=O)N(C(=C)/C=C\C=C/C)c2ccccc2)=CC(C=O)=C1)/C(C)=C/C. The Bertz CT molecular complexity index is 1300. The number of nitrogens with zero attached hydrogens (tertiary/aromatic N) is 2. The van der Waals surface area contributed by atoms with Crippen LogP contribution in [0.15, 0.2) is 138 Å². The number of benzene rings is 1. The molecule has 2 amide bonds. The summed E-state index contributed by atoms with van der Waals surface area (Å²) in [4.78, 5) is 42.7. The molecule has 0 spiro atoms. The summed E-state index contributed by atoms with van der Waals surface area (Å²) in [6.45, 7) is 15.4. The van der Waals surface area contributed by atoms with Gasteiger partial charge in [-0.05, 0) is 77.3 Å². The standard InChI is InChI=1S/C34H38N2O3/c1-7-10-13-17-27(5)35(26(4)9-3)33(38)30-21-22-31(24-29(23-30)25-37)34(39)36(28(6)18-14-11-8-2)32-19-15-12-16-20-32/h7-9,11-12,14-21,23-25H,1,6,10,13,22H2,2-5H3/b11-8-,18-14-,26-9+,27-17+. The van der Waals surface area contributed by atoms with Crippen LogP contribution in [-0.4, -0.2) is 23.0 Å². The summed E-state index contributed by atoms with van der Waals surface area (Å²) in [5.74, 6) is -0.589. The minimum Gasteiger partial charge on any atom is -0.298 e. The summed E-state index contributed by atoms with van der Waals surface area (Å²) in [6.07, 6.45) is 20.2. The lowest BCUT2D eigenvalue weighted by molar-refractivity contribution is -0.123. The second-order valence-corrected chi connectivity index (χ2v) is 8.93. The quantitative estimate of drug-likeness (QED) is 0.122. The van der Waals surface area contributed by atoms with Crippen molar-refractivity contribution in [3.63, 3.8) is 0 Å². The van der Waals surface area contributed by atoms with Gasteiger partial charge < -0.3 is 0 Å². The number of amides is 2. The van der Waals surface area contributed by atoms with Gasteiger partial charge in [-0.2, -0.15) is 0 Å². The third-order valence-corrected chi connectivity index (χ3v) is 6.10. The first-order valence-electron chi connectivity index (χ1n) is 13.0. The molecule has 0 saturated carbocycles. The molecule has 5 heteroatoms. The Kier molecular flexibility index (Phi) is 12.3. The second-order valence-electron chi connectivity index (χ2n) is 8.93. The lowest BCUT2D eigenvalue weighted by Gasteiger charge is -2.25. The van der Waals surface area contributed by atoms with Crippen LogP contribution in [0, 0.1) is 0 Å². The van der Waals surface area contributed by atoms with E-state index in [0.29, 0.717) is 28.8 Å². The zero-order chi connectivity index (χ0) is 28.8. The molecule has 1 aromatic rings. The van der Waals surface area contributed by atoms with Gasteiger partial charge in [-0.25, -0.2) is 0 Å². The number of anilines is 1. The first kappa shape index (κ1) is 30.7. The van der Waals surface area contributed by atoms with Gasteiger partial charge in [0.05, 0.1) is 0 Å². The zero-order valence-corrected chi connectivity index (χ0v) is 23.4. The molecule has 0 saturated heterocycles. The van der Waals surface area contributed by atoms with Crippen molar-refractivity contribution in [3.05, 3.63) is 138 Å². The van der Waals surface area contributed by atoms with Crippen molar-refractivity contribution < 1.29 is 14.4 Å². The second kappa shape index (κ2) is 15.7. The molecule has 1 aromatic carbocycles. The van der Waals surface area contributed by atoms with Crippen LogP contribution in [-0.2, 0) is 14.4 Å². The molecular weight excluding hydrogens is 484 g/mol. The first-order valence-corrected chi connectivity index (χ1v) is 13.0. The van der Waals surface area contributed by atoms with E-state index >= 15 is 0 Å². The predicted molar refractivity (Wildman–Crippen MR) is 161 cm³/mol. The highest BCUT2D eigenvalue weighted by Gasteiger charge is 2.25. The molecule has 0 atom stereocenters. The van der Waals surface area contributed by atoms with Crippen molar-refractivity contribution in [1.29, 1.82) is 0 Å². The van der Waals surface area contributed by atoms with Crippen molar-refractivity contribution in [3.8, 4) is 0 Å². The Balaban J connectivity index is 2.49. The highest BCUT2D eigenvalue weighted by Crippen LogP contribution is 2.27.